The summed E-state index contributed by atoms with van der Waals surface area (Å²) in [6.07, 6.45) is 0.259. The molecular weight excluding hydrogens is 202 g/mol. The van der Waals surface area contributed by atoms with Gasteiger partial charge in [-0.05, 0) is 26.0 Å². The van der Waals surface area contributed by atoms with E-state index in [1.54, 1.807) is 13.8 Å². The van der Waals surface area contributed by atoms with Crippen molar-refractivity contribution in [2.24, 2.45) is 5.41 Å². The first-order valence-electron chi connectivity index (χ1n) is 5.18. The number of para-hydroxylation sites is 1. The van der Waals surface area contributed by atoms with E-state index < -0.39 is 5.41 Å². The summed E-state index contributed by atoms with van der Waals surface area (Å²) in [4.78, 5) is 11.6. The Hall–Kier alpha value is -1.82. The molecule has 0 radical (unpaired) electrons. The predicted octanol–water partition coefficient (Wildman–Crippen LogP) is 2.57. The molecule has 1 aromatic rings. The van der Waals surface area contributed by atoms with Gasteiger partial charge >= 0.3 is 0 Å². The number of nitriles is 1. The third kappa shape index (κ3) is 3.39. The van der Waals surface area contributed by atoms with Crippen LogP contribution in [0.3, 0.4) is 0 Å². The van der Waals surface area contributed by atoms with Crippen LogP contribution in [0.4, 0.5) is 0 Å². The quantitative estimate of drug-likeness (QED) is 0.761. The minimum atomic E-state index is -0.917. The molecule has 3 nitrogen and oxygen atoms in total. The molecular formula is C13H15NO2. The molecule has 0 heterocycles. The molecule has 0 unspecified atom stereocenters. The lowest BCUT2D eigenvalue weighted by Gasteiger charge is -2.13. The van der Waals surface area contributed by atoms with E-state index in [0.29, 0.717) is 6.61 Å². The summed E-state index contributed by atoms with van der Waals surface area (Å²) in [6.45, 7) is 3.56. The highest BCUT2D eigenvalue weighted by atomic mass is 16.5. The normalized spacial score (nSPS) is 10.6. The smallest absolute Gasteiger partial charge is 0.155 e. The fraction of sp³-hybridized carbons (Fsp3) is 0.385. The van der Waals surface area contributed by atoms with E-state index >= 15 is 0 Å². The zero-order chi connectivity index (χ0) is 12.0. The van der Waals surface area contributed by atoms with Gasteiger partial charge in [0.15, 0.2) is 5.78 Å². The Morgan fingerprint density at radius 2 is 2.00 bits per heavy atom. The van der Waals surface area contributed by atoms with E-state index in [0.717, 1.165) is 5.75 Å². The summed E-state index contributed by atoms with van der Waals surface area (Å²) in [5, 5.41) is 8.77. The molecule has 0 N–H and O–H groups in total. The number of carbonyl (C=O) groups is 1. The standard InChI is InChI=1S/C13H15NO2/c1-13(2,10-14)12(15)8-9-16-11-6-4-3-5-7-11/h3-7H,8-9H2,1-2H3. The van der Waals surface area contributed by atoms with Gasteiger partial charge in [-0.1, -0.05) is 18.2 Å². The van der Waals surface area contributed by atoms with Crippen molar-refractivity contribution in [3.63, 3.8) is 0 Å². The van der Waals surface area contributed by atoms with Gasteiger partial charge in [-0.3, -0.25) is 4.79 Å². The number of Topliss-reactive ketones (excluding diaryl/α,β-unsaturated/α-hetero) is 1. The van der Waals surface area contributed by atoms with Gasteiger partial charge in [0, 0.05) is 6.42 Å². The second-order valence-electron chi connectivity index (χ2n) is 4.07. The van der Waals surface area contributed by atoms with Crippen LogP contribution in [0, 0.1) is 16.7 Å². The molecule has 1 aromatic carbocycles. The molecule has 0 aromatic heterocycles. The van der Waals surface area contributed by atoms with Gasteiger partial charge in [0.1, 0.15) is 11.2 Å². The maximum absolute atomic E-state index is 11.6. The number of rotatable bonds is 5. The highest BCUT2D eigenvalue weighted by Crippen LogP contribution is 2.17. The van der Waals surface area contributed by atoms with E-state index in [-0.39, 0.29) is 12.2 Å². The van der Waals surface area contributed by atoms with Gasteiger partial charge < -0.3 is 4.74 Å². The van der Waals surface area contributed by atoms with E-state index in [1.807, 2.05) is 36.4 Å². The Kier molecular flexibility index (Phi) is 4.07. The molecule has 0 amide bonds. The zero-order valence-corrected chi connectivity index (χ0v) is 9.56. The zero-order valence-electron chi connectivity index (χ0n) is 9.56. The summed E-state index contributed by atoms with van der Waals surface area (Å²) < 4.78 is 5.39. The Balaban J connectivity index is 2.38. The molecule has 0 fully saturated rings. The first kappa shape index (κ1) is 12.3. The third-order valence-corrected chi connectivity index (χ3v) is 2.32. The van der Waals surface area contributed by atoms with Crippen molar-refractivity contribution in [2.45, 2.75) is 20.3 Å². The number of ether oxygens (including phenoxy) is 1. The lowest BCUT2D eigenvalue weighted by atomic mass is 9.88. The van der Waals surface area contributed by atoms with E-state index in [1.165, 1.54) is 0 Å². The molecule has 16 heavy (non-hydrogen) atoms. The lowest BCUT2D eigenvalue weighted by molar-refractivity contribution is -0.125. The fourth-order valence-electron chi connectivity index (χ4n) is 1.15. The maximum Gasteiger partial charge on any atom is 0.155 e. The van der Waals surface area contributed by atoms with E-state index in [4.69, 9.17) is 10.00 Å². The summed E-state index contributed by atoms with van der Waals surface area (Å²) in [6, 6.07) is 11.3. The average molecular weight is 217 g/mol. The summed E-state index contributed by atoms with van der Waals surface area (Å²) in [5.41, 5.74) is -0.917. The number of benzene rings is 1. The van der Waals surface area contributed by atoms with Crippen LogP contribution in [0.15, 0.2) is 30.3 Å². The van der Waals surface area contributed by atoms with Gasteiger partial charge in [0.05, 0.1) is 12.7 Å². The van der Waals surface area contributed by atoms with Crippen LogP contribution in [0.25, 0.3) is 0 Å². The van der Waals surface area contributed by atoms with Crippen molar-refractivity contribution < 1.29 is 9.53 Å². The number of nitrogens with zero attached hydrogens (tertiary/aromatic N) is 1. The van der Waals surface area contributed by atoms with Crippen molar-refractivity contribution in [3.8, 4) is 11.8 Å². The topological polar surface area (TPSA) is 50.1 Å². The first-order chi connectivity index (χ1) is 7.56. The van der Waals surface area contributed by atoms with Crippen LogP contribution in [0.1, 0.15) is 20.3 Å². The Morgan fingerprint density at radius 1 is 1.38 bits per heavy atom. The molecule has 0 aliphatic heterocycles. The molecule has 1 rings (SSSR count). The number of ketones is 1. The average Bonchev–Trinajstić information content (AvgIpc) is 2.30. The van der Waals surface area contributed by atoms with Gasteiger partial charge in [0.2, 0.25) is 0 Å². The minimum Gasteiger partial charge on any atom is -0.493 e. The van der Waals surface area contributed by atoms with Gasteiger partial charge in [-0.15, -0.1) is 0 Å². The molecule has 0 aliphatic carbocycles. The Morgan fingerprint density at radius 3 is 2.56 bits per heavy atom. The molecule has 3 heteroatoms. The fourth-order valence-corrected chi connectivity index (χ4v) is 1.15. The van der Waals surface area contributed by atoms with Gasteiger partial charge in [-0.2, -0.15) is 5.26 Å². The molecule has 84 valence electrons. The van der Waals surface area contributed by atoms with Crippen LogP contribution in [-0.4, -0.2) is 12.4 Å². The molecule has 0 saturated heterocycles. The first-order valence-corrected chi connectivity index (χ1v) is 5.18. The van der Waals surface area contributed by atoms with Crippen LogP contribution in [-0.2, 0) is 4.79 Å². The molecule has 0 spiro atoms. The molecule has 0 saturated carbocycles. The second kappa shape index (κ2) is 5.32. The van der Waals surface area contributed by atoms with Gasteiger partial charge in [-0.25, -0.2) is 0 Å². The minimum absolute atomic E-state index is 0.0917. The SMILES string of the molecule is CC(C)(C#N)C(=O)CCOc1ccccc1. The summed E-state index contributed by atoms with van der Waals surface area (Å²) in [7, 11) is 0. The monoisotopic (exact) mass is 217 g/mol. The highest BCUT2D eigenvalue weighted by molar-refractivity contribution is 5.86. The number of hydrogen-bond acceptors (Lipinski definition) is 3. The molecule has 0 aliphatic rings. The maximum atomic E-state index is 11.6. The number of carbonyl (C=O) groups excluding carboxylic acids is 1. The van der Waals surface area contributed by atoms with Crippen molar-refractivity contribution >= 4 is 5.78 Å². The Bertz CT molecular complexity index is 390. The largest absolute Gasteiger partial charge is 0.493 e. The van der Waals surface area contributed by atoms with Crippen molar-refractivity contribution in [2.75, 3.05) is 6.61 Å². The predicted molar refractivity (Wildman–Crippen MR) is 61.0 cm³/mol. The Labute approximate surface area is 95.7 Å². The van der Waals surface area contributed by atoms with E-state index in [2.05, 4.69) is 0 Å². The number of hydrogen-bond donors (Lipinski definition) is 0. The molecule has 0 atom stereocenters. The lowest BCUT2D eigenvalue weighted by Crippen LogP contribution is -2.23. The van der Waals surface area contributed by atoms with Crippen LogP contribution >= 0.6 is 0 Å². The van der Waals surface area contributed by atoms with Crippen LogP contribution < -0.4 is 4.74 Å². The van der Waals surface area contributed by atoms with Crippen molar-refractivity contribution in [3.05, 3.63) is 30.3 Å². The van der Waals surface area contributed by atoms with Crippen molar-refractivity contribution in [1.82, 2.24) is 0 Å². The summed E-state index contributed by atoms with van der Waals surface area (Å²) >= 11 is 0. The second-order valence-corrected chi connectivity index (χ2v) is 4.07. The van der Waals surface area contributed by atoms with Crippen LogP contribution in [0.5, 0.6) is 5.75 Å². The molecule has 0 bridgehead atoms. The third-order valence-electron chi connectivity index (χ3n) is 2.32. The summed E-state index contributed by atoms with van der Waals surface area (Å²) in [5.74, 6) is 0.649. The van der Waals surface area contributed by atoms with Gasteiger partial charge in [0.25, 0.3) is 0 Å². The highest BCUT2D eigenvalue weighted by Gasteiger charge is 2.26. The van der Waals surface area contributed by atoms with Crippen molar-refractivity contribution in [1.29, 1.82) is 5.26 Å². The van der Waals surface area contributed by atoms with Crippen LogP contribution in [0.2, 0.25) is 0 Å². The van der Waals surface area contributed by atoms with E-state index in [9.17, 15) is 4.79 Å².